The van der Waals surface area contributed by atoms with E-state index in [1.165, 1.54) is 12.8 Å². The van der Waals surface area contributed by atoms with Crippen LogP contribution >= 0.6 is 0 Å². The number of carbonyl (C=O) groups is 2. The lowest BCUT2D eigenvalue weighted by atomic mass is 9.78. The highest BCUT2D eigenvalue weighted by Gasteiger charge is 2.42. The van der Waals surface area contributed by atoms with E-state index in [1.54, 1.807) is 0 Å². The second kappa shape index (κ2) is 7.32. The molecule has 0 unspecified atom stereocenters. The van der Waals surface area contributed by atoms with Crippen LogP contribution in [0.1, 0.15) is 60.4 Å². The molecule has 6 nitrogen and oxygen atoms in total. The summed E-state index contributed by atoms with van der Waals surface area (Å²) in [6, 6.07) is 10.1. The molecule has 2 fully saturated rings. The minimum atomic E-state index is -0.433. The molecular weight excluding hydrogens is 364 g/mol. The summed E-state index contributed by atoms with van der Waals surface area (Å²) >= 11 is 0. The van der Waals surface area contributed by atoms with E-state index in [2.05, 4.69) is 22.4 Å². The van der Waals surface area contributed by atoms with E-state index in [0.717, 1.165) is 56.6 Å². The molecule has 3 aliphatic rings. The van der Waals surface area contributed by atoms with E-state index in [0.29, 0.717) is 18.3 Å². The molecule has 1 aliphatic heterocycles. The first kappa shape index (κ1) is 18.4. The Morgan fingerprint density at radius 3 is 2.62 bits per heavy atom. The van der Waals surface area contributed by atoms with E-state index in [-0.39, 0.29) is 11.8 Å². The number of fused-ring (bicyclic) bond motifs is 1. The third-order valence-electron chi connectivity index (χ3n) is 6.74. The van der Waals surface area contributed by atoms with Gasteiger partial charge in [-0.05, 0) is 37.2 Å². The summed E-state index contributed by atoms with van der Waals surface area (Å²) in [5.41, 5.74) is 1.43. The number of hydrogen-bond acceptors (Lipinski definition) is 3. The fourth-order valence-corrected chi connectivity index (χ4v) is 4.88. The Hall–Kier alpha value is -2.63. The molecule has 2 heterocycles. The molecule has 0 saturated heterocycles. The van der Waals surface area contributed by atoms with Gasteiger partial charge in [0.25, 0.3) is 5.91 Å². The van der Waals surface area contributed by atoms with Gasteiger partial charge in [-0.1, -0.05) is 43.2 Å². The fourth-order valence-electron chi connectivity index (χ4n) is 4.88. The molecule has 1 aromatic heterocycles. The normalized spacial score (nSPS) is 20.6. The van der Waals surface area contributed by atoms with Crippen molar-refractivity contribution in [2.75, 3.05) is 13.1 Å². The van der Waals surface area contributed by atoms with Crippen LogP contribution in [-0.2, 0) is 23.3 Å². The molecule has 2 saturated carbocycles. The Kier molecular flexibility index (Phi) is 4.64. The van der Waals surface area contributed by atoms with Gasteiger partial charge in [-0.25, -0.2) is 4.98 Å². The fraction of sp³-hybridized carbons (Fsp3) is 0.522. The van der Waals surface area contributed by atoms with Crippen molar-refractivity contribution < 1.29 is 9.59 Å². The van der Waals surface area contributed by atoms with Crippen LogP contribution in [-0.4, -0.2) is 39.4 Å². The zero-order valence-corrected chi connectivity index (χ0v) is 16.8. The summed E-state index contributed by atoms with van der Waals surface area (Å²) < 4.78 is 1.94. The maximum Gasteiger partial charge on any atom is 0.289 e. The molecule has 2 aromatic rings. The zero-order chi connectivity index (χ0) is 19.8. The number of imidazole rings is 1. The van der Waals surface area contributed by atoms with E-state index in [9.17, 15) is 9.59 Å². The quantitative estimate of drug-likeness (QED) is 0.822. The van der Waals surface area contributed by atoms with Crippen molar-refractivity contribution in [1.29, 1.82) is 0 Å². The van der Waals surface area contributed by atoms with Crippen LogP contribution in [0.5, 0.6) is 0 Å². The maximum atomic E-state index is 13.2. The van der Waals surface area contributed by atoms with Crippen LogP contribution in [0.2, 0.25) is 0 Å². The Balaban J connectivity index is 1.28. The monoisotopic (exact) mass is 392 g/mol. The summed E-state index contributed by atoms with van der Waals surface area (Å²) in [5, 5.41) is 3.12. The minimum Gasteiger partial charge on any atom is -0.350 e. The highest BCUT2D eigenvalue weighted by atomic mass is 16.2. The predicted octanol–water partition coefficient (Wildman–Crippen LogP) is 2.88. The summed E-state index contributed by atoms with van der Waals surface area (Å²) in [7, 11) is 0. The van der Waals surface area contributed by atoms with Crippen molar-refractivity contribution in [3.05, 3.63) is 53.6 Å². The highest BCUT2D eigenvalue weighted by molar-refractivity contribution is 5.92. The summed E-state index contributed by atoms with van der Waals surface area (Å²) in [4.78, 5) is 32.4. The van der Waals surface area contributed by atoms with E-state index in [1.807, 2.05) is 33.9 Å². The van der Waals surface area contributed by atoms with E-state index in [4.69, 9.17) is 0 Å². The summed E-state index contributed by atoms with van der Waals surface area (Å²) in [5.74, 6) is 1.30. The van der Waals surface area contributed by atoms with Gasteiger partial charge in [0.05, 0.1) is 17.7 Å². The molecule has 0 radical (unpaired) electrons. The van der Waals surface area contributed by atoms with Crippen LogP contribution in [0.15, 0.2) is 36.5 Å². The molecular formula is C23H28N4O2. The Bertz CT molecular complexity index is 910. The average molecular weight is 393 g/mol. The Morgan fingerprint density at radius 1 is 1.14 bits per heavy atom. The van der Waals surface area contributed by atoms with Crippen molar-refractivity contribution in [3.8, 4) is 0 Å². The molecule has 6 heteroatoms. The van der Waals surface area contributed by atoms with Crippen LogP contribution in [0.4, 0.5) is 0 Å². The lowest BCUT2D eigenvalue weighted by molar-refractivity contribution is -0.126. The Labute approximate surface area is 171 Å². The zero-order valence-electron chi connectivity index (χ0n) is 16.8. The second-order valence-corrected chi connectivity index (χ2v) is 8.78. The van der Waals surface area contributed by atoms with Crippen LogP contribution in [0.3, 0.4) is 0 Å². The van der Waals surface area contributed by atoms with Crippen LogP contribution < -0.4 is 5.32 Å². The first-order valence-electron chi connectivity index (χ1n) is 10.8. The van der Waals surface area contributed by atoms with Crippen molar-refractivity contribution in [2.24, 2.45) is 5.92 Å². The molecule has 2 amide bonds. The summed E-state index contributed by atoms with van der Waals surface area (Å²) in [6.07, 6.45) is 8.32. The van der Waals surface area contributed by atoms with Gasteiger partial charge in [-0.2, -0.15) is 0 Å². The third kappa shape index (κ3) is 3.45. The largest absolute Gasteiger partial charge is 0.350 e. The molecule has 29 heavy (non-hydrogen) atoms. The van der Waals surface area contributed by atoms with Crippen molar-refractivity contribution in [2.45, 2.75) is 57.0 Å². The van der Waals surface area contributed by atoms with Crippen molar-refractivity contribution >= 4 is 11.8 Å². The van der Waals surface area contributed by atoms with Gasteiger partial charge in [0.15, 0.2) is 5.82 Å². The van der Waals surface area contributed by atoms with Crippen molar-refractivity contribution in [3.63, 3.8) is 0 Å². The minimum absolute atomic E-state index is 0.0253. The van der Waals surface area contributed by atoms with Gasteiger partial charge in [0.2, 0.25) is 5.91 Å². The molecule has 0 spiro atoms. The molecule has 0 atom stereocenters. The molecule has 0 bridgehead atoms. The number of nitrogens with one attached hydrogen (secondary N) is 1. The SMILES string of the molecule is O=C1c2nc(CNC(=O)C3(c4ccccc4)CCCC3)cn2CCN1CC1CC1. The van der Waals surface area contributed by atoms with Gasteiger partial charge in [-0.15, -0.1) is 0 Å². The predicted molar refractivity (Wildman–Crippen MR) is 109 cm³/mol. The molecule has 2 aliphatic carbocycles. The lowest BCUT2D eigenvalue weighted by Crippen LogP contribution is -2.42. The smallest absolute Gasteiger partial charge is 0.289 e. The first-order chi connectivity index (χ1) is 14.2. The first-order valence-corrected chi connectivity index (χ1v) is 10.8. The standard InChI is InChI=1S/C23H28N4O2/c28-21-20-25-19(16-26(20)12-13-27(21)15-17-8-9-17)14-24-22(29)23(10-4-5-11-23)18-6-2-1-3-7-18/h1-3,6-7,16-17H,4-5,8-15H2,(H,24,29). The highest BCUT2D eigenvalue weighted by Crippen LogP contribution is 2.41. The molecule has 1 aromatic carbocycles. The van der Waals surface area contributed by atoms with Gasteiger partial charge in [-0.3, -0.25) is 9.59 Å². The van der Waals surface area contributed by atoms with Gasteiger partial charge in [0.1, 0.15) is 0 Å². The number of carbonyl (C=O) groups excluding carboxylic acids is 2. The number of benzene rings is 1. The Morgan fingerprint density at radius 2 is 1.90 bits per heavy atom. The third-order valence-corrected chi connectivity index (χ3v) is 6.74. The number of aromatic nitrogens is 2. The summed E-state index contributed by atoms with van der Waals surface area (Å²) in [6.45, 7) is 2.75. The van der Waals surface area contributed by atoms with Crippen LogP contribution in [0.25, 0.3) is 0 Å². The van der Waals surface area contributed by atoms with Gasteiger partial charge in [0, 0.05) is 25.8 Å². The van der Waals surface area contributed by atoms with E-state index >= 15 is 0 Å². The number of amides is 2. The van der Waals surface area contributed by atoms with Crippen molar-refractivity contribution in [1.82, 2.24) is 19.8 Å². The number of nitrogens with zero attached hydrogens (tertiary/aromatic N) is 3. The second-order valence-electron chi connectivity index (χ2n) is 8.78. The van der Waals surface area contributed by atoms with E-state index < -0.39 is 5.41 Å². The van der Waals surface area contributed by atoms with Gasteiger partial charge < -0.3 is 14.8 Å². The average Bonchev–Trinajstić information content (AvgIpc) is 3.26. The molecule has 152 valence electrons. The van der Waals surface area contributed by atoms with Crippen LogP contribution in [0, 0.1) is 5.92 Å². The maximum absolute atomic E-state index is 13.2. The topological polar surface area (TPSA) is 67.2 Å². The van der Waals surface area contributed by atoms with Gasteiger partial charge >= 0.3 is 0 Å². The number of rotatable bonds is 6. The molecule has 5 rings (SSSR count). The molecule has 1 N–H and O–H groups in total. The lowest BCUT2D eigenvalue weighted by Gasteiger charge is -2.28. The number of hydrogen-bond donors (Lipinski definition) is 1.